The van der Waals surface area contributed by atoms with Crippen molar-refractivity contribution in [1.82, 2.24) is 0 Å². The van der Waals surface area contributed by atoms with Crippen molar-refractivity contribution < 1.29 is 9.47 Å². The maximum Gasteiger partial charge on any atom is 0.231 e. The molecule has 1 aromatic rings. The van der Waals surface area contributed by atoms with Crippen LogP contribution in [0.3, 0.4) is 0 Å². The third kappa shape index (κ3) is 2.03. The van der Waals surface area contributed by atoms with E-state index in [4.69, 9.17) is 14.7 Å². The Morgan fingerprint density at radius 2 is 1.81 bits per heavy atom. The smallest absolute Gasteiger partial charge is 0.231 e. The van der Waals surface area contributed by atoms with Gasteiger partial charge in [-0.25, -0.2) is 0 Å². The summed E-state index contributed by atoms with van der Waals surface area (Å²) in [7, 11) is 0. The first-order chi connectivity index (χ1) is 10.4. The van der Waals surface area contributed by atoms with Gasteiger partial charge in [-0.3, -0.25) is 0 Å². The number of fused-ring (bicyclic) bond motifs is 2. The van der Waals surface area contributed by atoms with Crippen LogP contribution in [0.1, 0.15) is 12.0 Å². The molecule has 0 bridgehead atoms. The molecule has 106 valence electrons. The second kappa shape index (κ2) is 4.96. The predicted molar refractivity (Wildman–Crippen MR) is 78.7 cm³/mol. The molecule has 4 atom stereocenters. The second-order valence-electron chi connectivity index (χ2n) is 6.01. The van der Waals surface area contributed by atoms with Crippen molar-refractivity contribution in [2.45, 2.75) is 12.8 Å². The van der Waals surface area contributed by atoms with Crippen LogP contribution in [-0.4, -0.2) is 6.79 Å². The fourth-order valence-corrected chi connectivity index (χ4v) is 3.94. The van der Waals surface area contributed by atoms with E-state index >= 15 is 0 Å². The van der Waals surface area contributed by atoms with Crippen LogP contribution in [0.15, 0.2) is 42.5 Å². The molecule has 1 heterocycles. The molecule has 0 radical (unpaired) electrons. The van der Waals surface area contributed by atoms with Crippen molar-refractivity contribution in [1.29, 1.82) is 5.26 Å². The summed E-state index contributed by atoms with van der Waals surface area (Å²) >= 11 is 0. The maximum absolute atomic E-state index is 9.07. The Morgan fingerprint density at radius 1 is 1.05 bits per heavy atom. The van der Waals surface area contributed by atoms with E-state index in [1.54, 1.807) is 0 Å². The molecule has 0 amide bonds. The fraction of sp³-hybridized carbons (Fsp3) is 0.389. The summed E-state index contributed by atoms with van der Waals surface area (Å²) in [6.45, 7) is 0.317. The SMILES string of the molecule is N#CC[C@@H]1[C@H]2C=CC=C[C@H]2[C@H]1Cc1ccc2c(c1)OCO2. The highest BCUT2D eigenvalue weighted by molar-refractivity contribution is 5.44. The Hall–Kier alpha value is -2.21. The first kappa shape index (κ1) is 12.5. The van der Waals surface area contributed by atoms with Crippen LogP contribution in [-0.2, 0) is 6.42 Å². The first-order valence-electron chi connectivity index (χ1n) is 7.47. The highest BCUT2D eigenvalue weighted by atomic mass is 16.7. The van der Waals surface area contributed by atoms with Gasteiger partial charge in [0, 0.05) is 6.42 Å². The van der Waals surface area contributed by atoms with Crippen molar-refractivity contribution in [2.75, 3.05) is 6.79 Å². The zero-order valence-electron chi connectivity index (χ0n) is 11.7. The van der Waals surface area contributed by atoms with E-state index in [0.717, 1.165) is 17.9 Å². The molecule has 0 spiro atoms. The minimum absolute atomic E-state index is 0.317. The lowest BCUT2D eigenvalue weighted by Crippen LogP contribution is -2.46. The van der Waals surface area contributed by atoms with E-state index < -0.39 is 0 Å². The summed E-state index contributed by atoms with van der Waals surface area (Å²) in [6.07, 6.45) is 10.5. The van der Waals surface area contributed by atoms with Crippen LogP contribution in [0.5, 0.6) is 11.5 Å². The molecule has 2 aliphatic carbocycles. The Kier molecular flexibility index (Phi) is 2.96. The highest BCUT2D eigenvalue weighted by Crippen LogP contribution is 2.52. The molecule has 1 fully saturated rings. The summed E-state index contributed by atoms with van der Waals surface area (Å²) in [5.74, 6) is 3.84. The van der Waals surface area contributed by atoms with Gasteiger partial charge in [0.2, 0.25) is 6.79 Å². The van der Waals surface area contributed by atoms with Crippen molar-refractivity contribution >= 4 is 0 Å². The Balaban J connectivity index is 1.54. The quantitative estimate of drug-likeness (QED) is 0.850. The monoisotopic (exact) mass is 279 g/mol. The van der Waals surface area contributed by atoms with Crippen molar-refractivity contribution in [2.24, 2.45) is 23.7 Å². The topological polar surface area (TPSA) is 42.2 Å². The summed E-state index contributed by atoms with van der Waals surface area (Å²) in [6, 6.07) is 8.55. The number of allylic oxidation sites excluding steroid dienone is 4. The van der Waals surface area contributed by atoms with E-state index in [2.05, 4.69) is 42.5 Å². The van der Waals surface area contributed by atoms with Gasteiger partial charge in [-0.05, 0) is 47.8 Å². The van der Waals surface area contributed by atoms with Gasteiger partial charge in [-0.15, -0.1) is 0 Å². The Labute approximate surface area is 124 Å². The number of nitriles is 1. The highest BCUT2D eigenvalue weighted by Gasteiger charge is 2.47. The van der Waals surface area contributed by atoms with Gasteiger partial charge in [0.25, 0.3) is 0 Å². The van der Waals surface area contributed by atoms with E-state index in [1.165, 1.54) is 5.56 Å². The minimum atomic E-state index is 0.317. The Bertz CT molecular complexity index is 656. The molecule has 3 nitrogen and oxygen atoms in total. The second-order valence-corrected chi connectivity index (χ2v) is 6.01. The molecule has 1 saturated carbocycles. The van der Waals surface area contributed by atoms with E-state index in [-0.39, 0.29) is 0 Å². The number of ether oxygens (including phenoxy) is 2. The fourth-order valence-electron chi connectivity index (χ4n) is 3.94. The van der Waals surface area contributed by atoms with Crippen LogP contribution in [0.4, 0.5) is 0 Å². The molecule has 3 heteroatoms. The Morgan fingerprint density at radius 3 is 2.62 bits per heavy atom. The van der Waals surface area contributed by atoms with Gasteiger partial charge in [0.1, 0.15) is 0 Å². The summed E-state index contributed by atoms with van der Waals surface area (Å²) in [5, 5.41) is 9.07. The van der Waals surface area contributed by atoms with Gasteiger partial charge in [0.15, 0.2) is 11.5 Å². The predicted octanol–water partition coefficient (Wildman–Crippen LogP) is 3.48. The average molecular weight is 279 g/mol. The molecule has 0 unspecified atom stereocenters. The van der Waals surface area contributed by atoms with Crippen LogP contribution < -0.4 is 9.47 Å². The largest absolute Gasteiger partial charge is 0.454 e. The van der Waals surface area contributed by atoms with Gasteiger partial charge < -0.3 is 9.47 Å². The van der Waals surface area contributed by atoms with Gasteiger partial charge >= 0.3 is 0 Å². The van der Waals surface area contributed by atoms with E-state index in [9.17, 15) is 0 Å². The minimum Gasteiger partial charge on any atom is -0.454 e. The molecule has 21 heavy (non-hydrogen) atoms. The molecular weight excluding hydrogens is 262 g/mol. The van der Waals surface area contributed by atoms with E-state index in [0.29, 0.717) is 36.9 Å². The third-order valence-corrected chi connectivity index (χ3v) is 5.00. The number of nitrogens with zero attached hydrogens (tertiary/aromatic N) is 1. The molecule has 0 aromatic heterocycles. The molecular formula is C18H17NO2. The van der Waals surface area contributed by atoms with Crippen LogP contribution in [0.2, 0.25) is 0 Å². The maximum atomic E-state index is 9.07. The molecule has 0 N–H and O–H groups in total. The van der Waals surface area contributed by atoms with Crippen molar-refractivity contribution in [3.8, 4) is 17.6 Å². The molecule has 4 rings (SSSR count). The summed E-state index contributed by atoms with van der Waals surface area (Å²) in [4.78, 5) is 0. The summed E-state index contributed by atoms with van der Waals surface area (Å²) in [5.41, 5.74) is 1.27. The normalized spacial score (nSPS) is 31.4. The van der Waals surface area contributed by atoms with Gasteiger partial charge in [-0.2, -0.15) is 5.26 Å². The first-order valence-corrected chi connectivity index (χ1v) is 7.47. The average Bonchev–Trinajstić information content (AvgIpc) is 2.98. The standard InChI is InChI=1S/C18H17NO2/c19-8-7-15-13-3-1-2-4-14(13)16(15)9-12-5-6-17-18(10-12)21-11-20-17/h1-6,10,13-16H,7,9,11H2/t13-,14+,15+,16+/m0/s1. The summed E-state index contributed by atoms with van der Waals surface area (Å²) < 4.78 is 10.8. The lowest BCUT2D eigenvalue weighted by Gasteiger charge is -2.50. The van der Waals surface area contributed by atoms with Crippen LogP contribution in [0, 0.1) is 35.0 Å². The lowest BCUT2D eigenvalue weighted by molar-refractivity contribution is 0.0455. The van der Waals surface area contributed by atoms with Crippen molar-refractivity contribution in [3.05, 3.63) is 48.1 Å². The zero-order valence-corrected chi connectivity index (χ0v) is 11.7. The van der Waals surface area contributed by atoms with Crippen molar-refractivity contribution in [3.63, 3.8) is 0 Å². The van der Waals surface area contributed by atoms with E-state index in [1.807, 2.05) is 6.07 Å². The molecule has 1 aromatic carbocycles. The van der Waals surface area contributed by atoms with Gasteiger partial charge in [0.05, 0.1) is 6.07 Å². The molecule has 0 saturated heterocycles. The molecule has 3 aliphatic rings. The number of hydrogen-bond donors (Lipinski definition) is 0. The number of rotatable bonds is 3. The zero-order chi connectivity index (χ0) is 14.2. The number of benzene rings is 1. The lowest BCUT2D eigenvalue weighted by atomic mass is 9.53. The third-order valence-electron chi connectivity index (χ3n) is 5.00. The van der Waals surface area contributed by atoms with Gasteiger partial charge in [-0.1, -0.05) is 30.4 Å². The number of hydrogen-bond acceptors (Lipinski definition) is 3. The molecule has 1 aliphatic heterocycles. The van der Waals surface area contributed by atoms with Crippen LogP contribution in [0.25, 0.3) is 0 Å². The van der Waals surface area contributed by atoms with Crippen LogP contribution >= 0.6 is 0 Å².